The van der Waals surface area contributed by atoms with Crippen molar-refractivity contribution in [2.24, 2.45) is 0 Å². The maximum Gasteiger partial charge on any atom is 0.116 e. The summed E-state index contributed by atoms with van der Waals surface area (Å²) in [6.07, 6.45) is 7.03. The van der Waals surface area contributed by atoms with Gasteiger partial charge >= 0.3 is 0 Å². The van der Waals surface area contributed by atoms with Gasteiger partial charge in [-0.05, 0) is 39.4 Å². The summed E-state index contributed by atoms with van der Waals surface area (Å²) >= 11 is 1.94. The van der Waals surface area contributed by atoms with Gasteiger partial charge in [-0.1, -0.05) is 100 Å². The Labute approximate surface area is 205 Å². The van der Waals surface area contributed by atoms with Crippen LogP contribution in [0.2, 0.25) is 38.3 Å². The maximum atomic E-state index is 8.47. The first-order valence-electron chi connectivity index (χ1n) is 12.9. The summed E-state index contributed by atoms with van der Waals surface area (Å²) in [4.78, 5) is 9.42. The number of benzene rings is 2. The molecule has 5 heteroatoms. The molecular weight excluding hydrogens is 453 g/mol. The lowest BCUT2D eigenvalue weighted by Gasteiger charge is -2.35. The highest BCUT2D eigenvalue weighted by Gasteiger charge is 2.37. The lowest BCUT2D eigenvalue weighted by Crippen LogP contribution is -2.46. The van der Waals surface area contributed by atoms with Crippen molar-refractivity contribution in [1.29, 1.82) is 0 Å². The molecule has 33 heavy (non-hydrogen) atoms. The molecule has 2 aromatic heterocycles. The average molecular weight is 490 g/mol. The van der Waals surface area contributed by atoms with E-state index in [1.807, 2.05) is 11.3 Å². The van der Waals surface area contributed by atoms with Crippen molar-refractivity contribution in [2.45, 2.75) is 77.3 Å². The van der Waals surface area contributed by atoms with Crippen molar-refractivity contribution in [1.82, 2.24) is 9.97 Å². The van der Waals surface area contributed by atoms with Gasteiger partial charge in [-0.25, -0.2) is 9.97 Å². The van der Waals surface area contributed by atoms with Gasteiger partial charge in [-0.3, -0.25) is 0 Å². The normalized spacial score (nSPS) is 16.5. The second-order valence-electron chi connectivity index (χ2n) is 11.5. The molecule has 0 radical (unpaired) electrons. The Kier molecular flexibility index (Phi) is 5.54. The molecule has 2 heterocycles. The van der Waals surface area contributed by atoms with Gasteiger partial charge in [-0.2, -0.15) is 0 Å². The fourth-order valence-corrected chi connectivity index (χ4v) is 13.7. The first kappa shape index (κ1) is 21.7. The molecule has 0 unspecified atom stereocenters. The molecule has 0 amide bonds. The third kappa shape index (κ3) is 4.02. The molecule has 2 nitrogen and oxygen atoms in total. The van der Waals surface area contributed by atoms with Gasteiger partial charge in [0.25, 0.3) is 0 Å². The van der Waals surface area contributed by atoms with Crippen molar-refractivity contribution < 1.29 is 1.37 Å². The molecular formula is C28H36N2SSi2. The molecule has 0 spiro atoms. The smallest absolute Gasteiger partial charge is 0.116 e. The summed E-state index contributed by atoms with van der Waals surface area (Å²) in [6, 6.07) is 13.4. The van der Waals surface area contributed by atoms with Crippen LogP contribution in [0.5, 0.6) is 0 Å². The lowest BCUT2D eigenvalue weighted by atomic mass is 10.0. The van der Waals surface area contributed by atoms with E-state index in [0.29, 0.717) is 0 Å². The van der Waals surface area contributed by atoms with Crippen molar-refractivity contribution in [3.63, 3.8) is 0 Å². The van der Waals surface area contributed by atoms with Crippen LogP contribution in [-0.4, -0.2) is 26.1 Å². The number of rotatable bonds is 4. The van der Waals surface area contributed by atoms with Gasteiger partial charge in [-0.15, -0.1) is 11.3 Å². The Hall–Kier alpha value is -1.83. The van der Waals surface area contributed by atoms with Gasteiger partial charge in [0, 0.05) is 5.56 Å². The van der Waals surface area contributed by atoms with Crippen LogP contribution in [0.1, 0.15) is 39.0 Å². The maximum absolute atomic E-state index is 8.47. The highest BCUT2D eigenvalue weighted by atomic mass is 32.1. The second kappa shape index (κ2) is 8.44. The van der Waals surface area contributed by atoms with E-state index in [-0.39, 0.29) is 6.30 Å². The number of nitrogens with zero attached hydrogens (tertiary/aromatic N) is 2. The molecule has 1 aliphatic rings. The quantitative estimate of drug-likeness (QED) is 0.276. The number of thiophene rings is 1. The Morgan fingerprint density at radius 3 is 2.42 bits per heavy atom. The van der Waals surface area contributed by atoms with Gasteiger partial charge in [0.15, 0.2) is 0 Å². The summed E-state index contributed by atoms with van der Waals surface area (Å²) < 4.78 is 11.2. The average Bonchev–Trinajstić information content (AvgIpc) is 3.14. The Bertz CT molecular complexity index is 1380. The van der Waals surface area contributed by atoms with Crippen LogP contribution in [0.15, 0.2) is 42.7 Å². The molecule has 5 rings (SSSR count). The van der Waals surface area contributed by atoms with E-state index in [1.54, 1.807) is 4.50 Å². The zero-order chi connectivity index (χ0) is 24.3. The van der Waals surface area contributed by atoms with Crippen LogP contribution < -0.4 is 9.69 Å². The van der Waals surface area contributed by atoms with Crippen molar-refractivity contribution >= 4 is 58.2 Å². The van der Waals surface area contributed by atoms with Crippen molar-refractivity contribution in [3.05, 3.63) is 48.3 Å². The first-order chi connectivity index (χ1) is 16.1. The van der Waals surface area contributed by atoms with Crippen LogP contribution >= 0.6 is 11.3 Å². The fourth-order valence-electron chi connectivity index (χ4n) is 5.86. The van der Waals surface area contributed by atoms with E-state index in [0.717, 1.165) is 22.3 Å². The van der Waals surface area contributed by atoms with Crippen LogP contribution in [-0.2, 0) is 0 Å². The van der Waals surface area contributed by atoms with Crippen LogP contribution in [0.4, 0.5) is 0 Å². The second-order valence-corrected chi connectivity index (χ2v) is 22.6. The summed E-state index contributed by atoms with van der Waals surface area (Å²) in [5.41, 5.74) is 5.26. The summed E-state index contributed by atoms with van der Waals surface area (Å²) in [7, 11) is -3.22. The summed E-state index contributed by atoms with van der Waals surface area (Å²) in [5.74, 6) is 0. The molecule has 1 fully saturated rings. The molecule has 0 bridgehead atoms. The third-order valence-corrected chi connectivity index (χ3v) is 17.0. The minimum absolute atomic E-state index is 0.134. The topological polar surface area (TPSA) is 25.8 Å². The highest BCUT2D eigenvalue weighted by Crippen LogP contribution is 2.41. The molecule has 172 valence electrons. The van der Waals surface area contributed by atoms with E-state index in [4.69, 9.17) is 6.35 Å². The van der Waals surface area contributed by atoms with E-state index in [2.05, 4.69) is 81.0 Å². The largest absolute Gasteiger partial charge is 0.235 e. The summed E-state index contributed by atoms with van der Waals surface area (Å²) in [5, 5.41) is 4.08. The zero-order valence-electron chi connectivity index (χ0n) is 21.9. The number of hydrogen-bond acceptors (Lipinski definition) is 3. The molecule has 0 N–H and O–H groups in total. The minimum atomic E-state index is -1.64. The lowest BCUT2D eigenvalue weighted by molar-refractivity contribution is 0.494. The standard InChI is InChI=1S/C28H36N2SSi2/c1-19-25-27(31-28(19)33(5,6)22-13-8-7-9-14-22)26(30-18-29-25)21-16-20-12-10-11-15-23(20)24(17-21)32(2,3)4/h10-12,15-18,22H,7-9,13-14H2,1-6H3/i18D. The van der Waals surface area contributed by atoms with Gasteiger partial charge in [0.05, 0.1) is 32.1 Å². The SMILES string of the molecule is [2H]c1nc(-c2cc([Si](C)(C)C)c3ccccc3c2)c2sc([Si](C)(C)C3CCCCC3)c(C)c2n1. The van der Waals surface area contributed by atoms with E-state index in [1.165, 1.54) is 58.3 Å². The zero-order valence-corrected chi connectivity index (χ0v) is 23.7. The molecule has 4 aromatic rings. The first-order valence-corrected chi connectivity index (χ1v) is 19.8. The Balaban J connectivity index is 1.74. The van der Waals surface area contributed by atoms with E-state index >= 15 is 0 Å². The predicted octanol–water partition coefficient (Wildman–Crippen LogP) is 7.61. The molecule has 0 aliphatic heterocycles. The van der Waals surface area contributed by atoms with Crippen molar-refractivity contribution in [3.8, 4) is 11.3 Å². The van der Waals surface area contributed by atoms with Gasteiger partial charge in [0.1, 0.15) is 7.67 Å². The van der Waals surface area contributed by atoms with E-state index < -0.39 is 16.1 Å². The molecule has 0 saturated heterocycles. The number of aryl methyl sites for hydroxylation is 1. The molecule has 2 aromatic carbocycles. The molecule has 0 atom stereocenters. The minimum Gasteiger partial charge on any atom is -0.235 e. The number of aromatic nitrogens is 2. The van der Waals surface area contributed by atoms with Crippen molar-refractivity contribution in [2.75, 3.05) is 0 Å². The monoisotopic (exact) mass is 489 g/mol. The number of hydrogen-bond donors (Lipinski definition) is 0. The van der Waals surface area contributed by atoms with Crippen LogP contribution in [0.3, 0.4) is 0 Å². The van der Waals surface area contributed by atoms with Gasteiger partial charge < -0.3 is 0 Å². The van der Waals surface area contributed by atoms with Crippen LogP contribution in [0, 0.1) is 6.92 Å². The van der Waals surface area contributed by atoms with E-state index in [9.17, 15) is 0 Å². The number of fused-ring (bicyclic) bond motifs is 2. The summed E-state index contributed by atoms with van der Waals surface area (Å²) in [6.45, 7) is 14.6. The van der Waals surface area contributed by atoms with Crippen LogP contribution in [0.25, 0.3) is 32.2 Å². The Morgan fingerprint density at radius 2 is 1.70 bits per heavy atom. The fraction of sp³-hybridized carbons (Fsp3) is 0.429. The third-order valence-electron chi connectivity index (χ3n) is 7.81. The molecule has 1 aliphatic carbocycles. The van der Waals surface area contributed by atoms with Gasteiger partial charge in [0.2, 0.25) is 0 Å². The Morgan fingerprint density at radius 1 is 0.970 bits per heavy atom. The highest BCUT2D eigenvalue weighted by molar-refractivity contribution is 7.32. The molecule has 1 saturated carbocycles. The predicted molar refractivity (Wildman–Crippen MR) is 152 cm³/mol.